The van der Waals surface area contributed by atoms with Gasteiger partial charge < -0.3 is 9.73 Å². The Kier molecular flexibility index (Phi) is 5.99. The van der Waals surface area contributed by atoms with Gasteiger partial charge in [-0.3, -0.25) is 9.59 Å². The SMILES string of the molecule is O=C(NCc1ccco1)C(=O)N/N=C\c1cn(-c2ccccc2)nc1-c1ccccc1. The van der Waals surface area contributed by atoms with Gasteiger partial charge in [-0.25, -0.2) is 10.1 Å². The van der Waals surface area contributed by atoms with Gasteiger partial charge in [-0.05, 0) is 24.3 Å². The van der Waals surface area contributed by atoms with Crippen LogP contribution < -0.4 is 10.7 Å². The summed E-state index contributed by atoms with van der Waals surface area (Å²) < 4.78 is 6.85. The molecule has 2 aromatic carbocycles. The highest BCUT2D eigenvalue weighted by molar-refractivity contribution is 6.35. The fourth-order valence-corrected chi connectivity index (χ4v) is 2.89. The predicted molar refractivity (Wildman–Crippen MR) is 115 cm³/mol. The number of hydrogen-bond acceptors (Lipinski definition) is 5. The van der Waals surface area contributed by atoms with Crippen molar-refractivity contribution >= 4 is 18.0 Å². The first-order valence-electron chi connectivity index (χ1n) is 9.55. The van der Waals surface area contributed by atoms with Crippen LogP contribution in [0.5, 0.6) is 0 Å². The number of hydrazone groups is 1. The molecule has 0 spiro atoms. The lowest BCUT2D eigenvalue weighted by molar-refractivity contribution is -0.139. The average molecular weight is 413 g/mol. The van der Waals surface area contributed by atoms with Crippen molar-refractivity contribution in [2.75, 3.05) is 0 Å². The Bertz CT molecular complexity index is 1180. The van der Waals surface area contributed by atoms with Crippen LogP contribution >= 0.6 is 0 Å². The van der Waals surface area contributed by atoms with Gasteiger partial charge in [0, 0.05) is 17.3 Å². The molecule has 31 heavy (non-hydrogen) atoms. The van der Waals surface area contributed by atoms with E-state index in [9.17, 15) is 9.59 Å². The van der Waals surface area contributed by atoms with Crippen LogP contribution in [0.4, 0.5) is 0 Å². The molecular weight excluding hydrogens is 394 g/mol. The molecule has 0 bridgehead atoms. The van der Waals surface area contributed by atoms with Gasteiger partial charge in [0.05, 0.1) is 24.7 Å². The third kappa shape index (κ3) is 4.94. The van der Waals surface area contributed by atoms with E-state index in [0.29, 0.717) is 17.0 Å². The van der Waals surface area contributed by atoms with Crippen molar-refractivity contribution in [3.8, 4) is 16.9 Å². The summed E-state index contributed by atoms with van der Waals surface area (Å²) >= 11 is 0. The molecule has 154 valence electrons. The third-order valence-corrected chi connectivity index (χ3v) is 4.39. The lowest BCUT2D eigenvalue weighted by Gasteiger charge is -2.01. The maximum Gasteiger partial charge on any atom is 0.329 e. The van der Waals surface area contributed by atoms with Crippen molar-refractivity contribution in [3.63, 3.8) is 0 Å². The summed E-state index contributed by atoms with van der Waals surface area (Å²) in [7, 11) is 0. The van der Waals surface area contributed by atoms with Crippen molar-refractivity contribution in [1.82, 2.24) is 20.5 Å². The normalized spacial score (nSPS) is 10.8. The molecule has 0 aliphatic rings. The van der Waals surface area contributed by atoms with Crippen molar-refractivity contribution in [1.29, 1.82) is 0 Å². The second kappa shape index (κ2) is 9.36. The molecule has 0 unspecified atom stereocenters. The second-order valence-electron chi connectivity index (χ2n) is 6.54. The van der Waals surface area contributed by atoms with Gasteiger partial charge >= 0.3 is 11.8 Å². The molecule has 4 aromatic rings. The quantitative estimate of drug-likeness (QED) is 0.288. The van der Waals surface area contributed by atoms with E-state index in [0.717, 1.165) is 11.3 Å². The maximum atomic E-state index is 12.0. The lowest BCUT2D eigenvalue weighted by Crippen LogP contribution is -2.37. The maximum absolute atomic E-state index is 12.0. The Morgan fingerprint density at radius 3 is 2.42 bits per heavy atom. The number of aromatic nitrogens is 2. The fraction of sp³-hybridized carbons (Fsp3) is 0.0435. The van der Waals surface area contributed by atoms with Crippen LogP contribution in [0.2, 0.25) is 0 Å². The molecule has 0 aliphatic carbocycles. The van der Waals surface area contributed by atoms with Crippen LogP contribution in [0.25, 0.3) is 16.9 Å². The highest BCUT2D eigenvalue weighted by Gasteiger charge is 2.14. The van der Waals surface area contributed by atoms with Crippen molar-refractivity contribution in [3.05, 3.63) is 96.6 Å². The van der Waals surface area contributed by atoms with Crippen LogP contribution in [0.1, 0.15) is 11.3 Å². The van der Waals surface area contributed by atoms with Crippen LogP contribution in [0.3, 0.4) is 0 Å². The minimum atomic E-state index is -0.875. The Hall–Kier alpha value is -4.46. The summed E-state index contributed by atoms with van der Waals surface area (Å²) in [5, 5.41) is 11.1. The smallest absolute Gasteiger partial charge is 0.329 e. The Morgan fingerprint density at radius 2 is 1.71 bits per heavy atom. The van der Waals surface area contributed by atoms with Crippen LogP contribution in [0.15, 0.2) is 94.8 Å². The molecular formula is C23H19N5O3. The molecule has 2 N–H and O–H groups in total. The van der Waals surface area contributed by atoms with Gasteiger partial charge in [0.1, 0.15) is 11.5 Å². The van der Waals surface area contributed by atoms with E-state index in [1.807, 2.05) is 66.9 Å². The second-order valence-corrected chi connectivity index (χ2v) is 6.54. The number of carbonyl (C=O) groups excluding carboxylic acids is 2. The summed E-state index contributed by atoms with van der Waals surface area (Å²) in [5.41, 5.74) is 5.42. The van der Waals surface area contributed by atoms with E-state index in [-0.39, 0.29) is 6.54 Å². The molecule has 4 rings (SSSR count). The number of amides is 2. The van der Waals surface area contributed by atoms with Gasteiger partial charge in [-0.2, -0.15) is 10.2 Å². The molecule has 8 nitrogen and oxygen atoms in total. The highest BCUT2D eigenvalue weighted by atomic mass is 16.3. The monoisotopic (exact) mass is 413 g/mol. The summed E-state index contributed by atoms with van der Waals surface area (Å²) in [4.78, 5) is 23.9. The first kappa shape index (κ1) is 19.8. The first-order chi connectivity index (χ1) is 15.2. The molecule has 2 amide bonds. The van der Waals surface area contributed by atoms with Crippen LogP contribution in [-0.4, -0.2) is 27.8 Å². The van der Waals surface area contributed by atoms with E-state index >= 15 is 0 Å². The molecule has 8 heteroatoms. The van der Waals surface area contributed by atoms with Crippen LogP contribution in [0, 0.1) is 0 Å². The van der Waals surface area contributed by atoms with E-state index in [1.54, 1.807) is 16.8 Å². The lowest BCUT2D eigenvalue weighted by atomic mass is 10.1. The standard InChI is InChI=1S/C23H19N5O3/c29-22(24-15-20-12-7-13-31-20)23(30)26-25-14-18-16-28(19-10-5-2-6-11-19)27-21(18)17-8-3-1-4-9-17/h1-14,16H,15H2,(H,24,29)(H,26,30)/b25-14-. The zero-order valence-electron chi connectivity index (χ0n) is 16.4. The number of carbonyl (C=O) groups is 2. The molecule has 2 heterocycles. The van der Waals surface area contributed by atoms with Gasteiger partial charge in [0.15, 0.2) is 0 Å². The Morgan fingerprint density at radius 1 is 0.968 bits per heavy atom. The summed E-state index contributed by atoms with van der Waals surface area (Å²) in [6.07, 6.45) is 4.77. The summed E-state index contributed by atoms with van der Waals surface area (Å²) in [6.45, 7) is 0.116. The highest BCUT2D eigenvalue weighted by Crippen LogP contribution is 2.22. The molecule has 0 atom stereocenters. The molecule has 0 radical (unpaired) electrons. The van der Waals surface area contributed by atoms with Crippen molar-refractivity contribution < 1.29 is 14.0 Å². The van der Waals surface area contributed by atoms with E-state index in [1.165, 1.54) is 12.5 Å². The minimum Gasteiger partial charge on any atom is -0.467 e. The zero-order chi connectivity index (χ0) is 21.5. The number of hydrogen-bond donors (Lipinski definition) is 2. The largest absolute Gasteiger partial charge is 0.467 e. The van der Waals surface area contributed by atoms with Gasteiger partial charge in [0.2, 0.25) is 0 Å². The molecule has 0 fully saturated rings. The number of nitrogens with zero attached hydrogens (tertiary/aromatic N) is 3. The molecule has 0 saturated heterocycles. The van der Waals surface area contributed by atoms with Crippen molar-refractivity contribution in [2.45, 2.75) is 6.54 Å². The number of benzene rings is 2. The van der Waals surface area contributed by atoms with Crippen molar-refractivity contribution in [2.24, 2.45) is 5.10 Å². The fourth-order valence-electron chi connectivity index (χ4n) is 2.89. The third-order valence-electron chi connectivity index (χ3n) is 4.39. The Balaban J connectivity index is 1.49. The number of rotatable bonds is 6. The predicted octanol–water partition coefficient (Wildman–Crippen LogP) is 2.90. The van der Waals surface area contributed by atoms with E-state index in [4.69, 9.17) is 4.42 Å². The molecule has 0 saturated carbocycles. The zero-order valence-corrected chi connectivity index (χ0v) is 16.4. The Labute approximate surface area is 178 Å². The molecule has 0 aliphatic heterocycles. The topological polar surface area (TPSA) is 102 Å². The van der Waals surface area contributed by atoms with E-state index in [2.05, 4.69) is 20.9 Å². The number of furan rings is 1. The molecule has 2 aromatic heterocycles. The first-order valence-corrected chi connectivity index (χ1v) is 9.55. The van der Waals surface area contributed by atoms with Gasteiger partial charge in [-0.15, -0.1) is 0 Å². The number of nitrogens with one attached hydrogen (secondary N) is 2. The summed E-state index contributed by atoms with van der Waals surface area (Å²) in [6, 6.07) is 22.7. The van der Waals surface area contributed by atoms with Gasteiger partial charge in [0.25, 0.3) is 0 Å². The summed E-state index contributed by atoms with van der Waals surface area (Å²) in [5.74, 6) is -1.14. The van der Waals surface area contributed by atoms with Gasteiger partial charge in [-0.1, -0.05) is 48.5 Å². The number of para-hydroxylation sites is 1. The van der Waals surface area contributed by atoms with E-state index < -0.39 is 11.8 Å². The minimum absolute atomic E-state index is 0.116. The average Bonchev–Trinajstić information content (AvgIpc) is 3.49. The van der Waals surface area contributed by atoms with Crippen LogP contribution in [-0.2, 0) is 16.1 Å².